The van der Waals surface area contributed by atoms with Gasteiger partial charge in [-0.1, -0.05) is 23.7 Å². The zero-order chi connectivity index (χ0) is 19.0. The molecule has 3 heterocycles. The Bertz CT molecular complexity index is 1170. The maximum atomic E-state index is 12.7. The van der Waals surface area contributed by atoms with Gasteiger partial charge >= 0.3 is 0 Å². The Morgan fingerprint density at radius 2 is 2.07 bits per heavy atom. The van der Waals surface area contributed by atoms with E-state index in [1.54, 1.807) is 10.6 Å². The van der Waals surface area contributed by atoms with Crippen LogP contribution in [-0.4, -0.2) is 20.2 Å². The number of benzene rings is 1. The molecule has 0 atom stereocenters. The number of nitrogens with one attached hydrogen (secondary N) is 1. The number of pyridine rings is 1. The van der Waals surface area contributed by atoms with Crippen LogP contribution in [0.3, 0.4) is 0 Å². The molecule has 0 spiro atoms. The van der Waals surface area contributed by atoms with Gasteiger partial charge < -0.3 is 5.32 Å². The molecule has 0 saturated carbocycles. The van der Waals surface area contributed by atoms with Crippen molar-refractivity contribution < 1.29 is 9.72 Å². The Hall–Kier alpha value is -3.23. The molecule has 9 heteroatoms. The van der Waals surface area contributed by atoms with Crippen LogP contribution in [0.15, 0.2) is 60.1 Å². The fourth-order valence-electron chi connectivity index (χ4n) is 2.67. The first-order valence-electron chi connectivity index (χ1n) is 7.81. The molecule has 1 aromatic carbocycles. The normalized spacial score (nSPS) is 10.9. The van der Waals surface area contributed by atoms with Crippen LogP contribution in [0.25, 0.3) is 16.2 Å². The molecule has 0 aliphatic heterocycles. The Kier molecular flexibility index (Phi) is 4.35. The van der Waals surface area contributed by atoms with Gasteiger partial charge in [0, 0.05) is 17.8 Å². The van der Waals surface area contributed by atoms with Crippen LogP contribution >= 0.6 is 22.9 Å². The van der Waals surface area contributed by atoms with E-state index in [-0.39, 0.29) is 16.3 Å². The number of amides is 1. The van der Waals surface area contributed by atoms with Gasteiger partial charge in [0.15, 0.2) is 0 Å². The van der Waals surface area contributed by atoms with Crippen LogP contribution in [0.1, 0.15) is 10.4 Å². The van der Waals surface area contributed by atoms with E-state index in [0.717, 1.165) is 10.9 Å². The summed E-state index contributed by atoms with van der Waals surface area (Å²) in [7, 11) is 0. The summed E-state index contributed by atoms with van der Waals surface area (Å²) in [4.78, 5) is 28.7. The number of nitro benzene ring substituents is 1. The van der Waals surface area contributed by atoms with E-state index in [2.05, 4.69) is 10.3 Å². The van der Waals surface area contributed by atoms with Gasteiger partial charge in [0.2, 0.25) is 0 Å². The molecule has 0 aliphatic carbocycles. The van der Waals surface area contributed by atoms with Gasteiger partial charge in [0.05, 0.1) is 9.80 Å². The topological polar surface area (TPSA) is 89.5 Å². The second kappa shape index (κ2) is 6.82. The van der Waals surface area contributed by atoms with Gasteiger partial charge in [-0.25, -0.2) is 4.98 Å². The van der Waals surface area contributed by atoms with E-state index in [0.29, 0.717) is 17.2 Å². The molecule has 1 amide bonds. The predicted octanol–water partition coefficient (Wildman–Crippen LogP) is 4.88. The van der Waals surface area contributed by atoms with Gasteiger partial charge in [-0.05, 0) is 35.7 Å². The molecular weight excluding hydrogens is 388 g/mol. The Labute approximate surface area is 162 Å². The number of fused-ring (bicyclic) bond motifs is 1. The Morgan fingerprint density at radius 1 is 1.22 bits per heavy atom. The van der Waals surface area contributed by atoms with E-state index in [1.165, 1.54) is 23.5 Å². The zero-order valence-electron chi connectivity index (χ0n) is 13.6. The second-order valence-electron chi connectivity index (χ2n) is 5.59. The van der Waals surface area contributed by atoms with Crippen molar-refractivity contribution in [1.29, 1.82) is 0 Å². The number of hydrogen-bond donors (Lipinski definition) is 1. The van der Waals surface area contributed by atoms with Crippen molar-refractivity contribution in [1.82, 2.24) is 9.38 Å². The van der Waals surface area contributed by atoms with Gasteiger partial charge in [-0.15, -0.1) is 11.3 Å². The highest BCUT2D eigenvalue weighted by Crippen LogP contribution is 2.32. The van der Waals surface area contributed by atoms with Crippen molar-refractivity contribution >= 4 is 46.0 Å². The Balaban J connectivity index is 1.77. The van der Waals surface area contributed by atoms with Crippen LogP contribution in [0, 0.1) is 10.1 Å². The van der Waals surface area contributed by atoms with Crippen LogP contribution in [-0.2, 0) is 0 Å². The quantitative estimate of drug-likeness (QED) is 0.392. The number of imidazole rings is 1. The van der Waals surface area contributed by atoms with E-state index in [9.17, 15) is 14.9 Å². The number of halogens is 1. The van der Waals surface area contributed by atoms with Crippen molar-refractivity contribution in [2.75, 3.05) is 5.32 Å². The van der Waals surface area contributed by atoms with Crippen LogP contribution in [0.5, 0.6) is 0 Å². The molecule has 4 aromatic rings. The third-order valence-corrected chi connectivity index (χ3v) is 5.12. The molecule has 0 aliphatic rings. The van der Waals surface area contributed by atoms with Crippen molar-refractivity contribution in [2.24, 2.45) is 0 Å². The third-order valence-electron chi connectivity index (χ3n) is 3.92. The van der Waals surface area contributed by atoms with Gasteiger partial charge in [-0.2, -0.15) is 0 Å². The summed E-state index contributed by atoms with van der Waals surface area (Å²) >= 11 is 7.33. The van der Waals surface area contributed by atoms with Gasteiger partial charge in [-0.3, -0.25) is 19.3 Å². The third kappa shape index (κ3) is 3.16. The minimum Gasteiger partial charge on any atom is -0.306 e. The maximum Gasteiger partial charge on any atom is 0.288 e. The number of rotatable bonds is 4. The van der Waals surface area contributed by atoms with Gasteiger partial charge in [0.1, 0.15) is 22.2 Å². The average molecular weight is 399 g/mol. The molecule has 134 valence electrons. The molecule has 7 nitrogen and oxygen atoms in total. The molecule has 0 unspecified atom stereocenters. The van der Waals surface area contributed by atoms with Crippen molar-refractivity contribution in [3.8, 4) is 10.6 Å². The SMILES string of the molecule is O=C(Nc1c(-c2cccs2)nc2ccccn12)c1ccc(Cl)c([N+](=O)[O-])c1. The molecule has 0 saturated heterocycles. The van der Waals surface area contributed by atoms with Crippen molar-refractivity contribution in [2.45, 2.75) is 0 Å². The number of aromatic nitrogens is 2. The molecule has 1 N–H and O–H groups in total. The number of anilines is 1. The average Bonchev–Trinajstić information content (AvgIpc) is 3.30. The van der Waals surface area contributed by atoms with Crippen molar-refractivity contribution in [3.63, 3.8) is 0 Å². The molecule has 3 aromatic heterocycles. The summed E-state index contributed by atoms with van der Waals surface area (Å²) in [5, 5.41) is 15.8. The highest BCUT2D eigenvalue weighted by Gasteiger charge is 2.20. The number of thiophene rings is 1. The molecule has 0 radical (unpaired) electrons. The monoisotopic (exact) mass is 398 g/mol. The first-order chi connectivity index (χ1) is 13.0. The summed E-state index contributed by atoms with van der Waals surface area (Å²) in [6.07, 6.45) is 1.79. The van der Waals surface area contributed by atoms with E-state index < -0.39 is 10.8 Å². The molecule has 0 fully saturated rings. The summed E-state index contributed by atoms with van der Waals surface area (Å²) in [6.45, 7) is 0. The predicted molar refractivity (Wildman–Crippen MR) is 105 cm³/mol. The van der Waals surface area contributed by atoms with E-state index in [1.807, 2.05) is 35.7 Å². The number of carbonyl (C=O) groups is 1. The highest BCUT2D eigenvalue weighted by molar-refractivity contribution is 7.13. The number of nitro groups is 1. The number of carbonyl (C=O) groups excluding carboxylic acids is 1. The lowest BCUT2D eigenvalue weighted by Crippen LogP contribution is -2.14. The highest BCUT2D eigenvalue weighted by atomic mass is 35.5. The molecule has 4 rings (SSSR count). The molecule has 0 bridgehead atoms. The molecule has 27 heavy (non-hydrogen) atoms. The largest absolute Gasteiger partial charge is 0.306 e. The standard InChI is InChI=1S/C18H11ClN4O3S/c19-12-7-6-11(10-13(12)23(25)26)18(24)21-17-16(14-4-3-9-27-14)20-15-5-1-2-8-22(15)17/h1-10H,(H,21,24). The summed E-state index contributed by atoms with van der Waals surface area (Å²) in [6, 6.07) is 13.3. The fourth-order valence-corrected chi connectivity index (χ4v) is 3.58. The lowest BCUT2D eigenvalue weighted by molar-refractivity contribution is -0.384. The lowest BCUT2D eigenvalue weighted by Gasteiger charge is -2.07. The fraction of sp³-hybridized carbons (Fsp3) is 0. The zero-order valence-corrected chi connectivity index (χ0v) is 15.2. The van der Waals surface area contributed by atoms with E-state index >= 15 is 0 Å². The summed E-state index contributed by atoms with van der Waals surface area (Å²) < 4.78 is 1.76. The first-order valence-corrected chi connectivity index (χ1v) is 9.06. The maximum absolute atomic E-state index is 12.7. The van der Waals surface area contributed by atoms with Crippen LogP contribution in [0.4, 0.5) is 11.5 Å². The van der Waals surface area contributed by atoms with Crippen molar-refractivity contribution in [3.05, 3.63) is 80.8 Å². The van der Waals surface area contributed by atoms with Crippen LogP contribution in [0.2, 0.25) is 5.02 Å². The minimum atomic E-state index is -0.621. The lowest BCUT2D eigenvalue weighted by atomic mass is 10.2. The van der Waals surface area contributed by atoms with Crippen LogP contribution < -0.4 is 5.32 Å². The minimum absolute atomic E-state index is 0.0226. The summed E-state index contributed by atoms with van der Waals surface area (Å²) in [5.41, 5.74) is 1.13. The smallest absolute Gasteiger partial charge is 0.288 e. The van der Waals surface area contributed by atoms with Gasteiger partial charge in [0.25, 0.3) is 11.6 Å². The first kappa shape index (κ1) is 17.2. The number of nitrogens with zero attached hydrogens (tertiary/aromatic N) is 3. The molecular formula is C18H11ClN4O3S. The number of hydrogen-bond acceptors (Lipinski definition) is 5. The Morgan fingerprint density at radius 3 is 2.81 bits per heavy atom. The summed E-state index contributed by atoms with van der Waals surface area (Å²) in [5.74, 6) is 0.00822. The second-order valence-corrected chi connectivity index (χ2v) is 6.95. The van der Waals surface area contributed by atoms with E-state index in [4.69, 9.17) is 11.6 Å².